The van der Waals surface area contributed by atoms with Crippen molar-refractivity contribution in [2.45, 2.75) is 65.3 Å². The van der Waals surface area contributed by atoms with E-state index in [0.717, 1.165) is 11.1 Å². The number of carbonyl (C=O) groups excluding carboxylic acids is 1. The summed E-state index contributed by atoms with van der Waals surface area (Å²) in [5.41, 5.74) is 1.02. The molecule has 1 atom stereocenters. The SMILES string of the molecule is Cc1ccc(C(C)C)c(OCC(=O)N2N/C(=C\CC(C)C)C[C@@]2(O)C(F)(F)F)c1. The van der Waals surface area contributed by atoms with Crippen molar-refractivity contribution in [1.82, 2.24) is 10.4 Å². The highest BCUT2D eigenvalue weighted by atomic mass is 19.4. The normalized spacial score (nSPS) is 21.2. The second-order valence-corrected chi connectivity index (χ2v) is 8.18. The average Bonchev–Trinajstić information content (AvgIpc) is 2.95. The van der Waals surface area contributed by atoms with Gasteiger partial charge in [0, 0.05) is 12.1 Å². The molecule has 0 aromatic heterocycles. The van der Waals surface area contributed by atoms with E-state index in [1.54, 1.807) is 12.1 Å². The van der Waals surface area contributed by atoms with E-state index in [2.05, 4.69) is 5.43 Å². The Labute approximate surface area is 169 Å². The van der Waals surface area contributed by atoms with Crippen LogP contribution in [0.2, 0.25) is 0 Å². The number of allylic oxidation sites excluding steroid dienone is 1. The summed E-state index contributed by atoms with van der Waals surface area (Å²) in [4.78, 5) is 12.6. The number of alkyl halides is 3. The minimum Gasteiger partial charge on any atom is -0.483 e. The van der Waals surface area contributed by atoms with Crippen LogP contribution >= 0.6 is 0 Å². The molecule has 5 nitrogen and oxygen atoms in total. The third-order valence-corrected chi connectivity index (χ3v) is 4.74. The molecule has 2 N–H and O–H groups in total. The van der Waals surface area contributed by atoms with Crippen LogP contribution in [0.5, 0.6) is 5.75 Å². The van der Waals surface area contributed by atoms with Gasteiger partial charge in [0.1, 0.15) is 5.75 Å². The van der Waals surface area contributed by atoms with Crippen molar-refractivity contribution in [3.05, 3.63) is 41.1 Å². The number of benzene rings is 1. The third-order valence-electron chi connectivity index (χ3n) is 4.74. The number of aliphatic hydroxyl groups is 1. The zero-order valence-electron chi connectivity index (χ0n) is 17.4. The highest BCUT2D eigenvalue weighted by molar-refractivity contribution is 5.79. The maximum atomic E-state index is 13.6. The Morgan fingerprint density at radius 3 is 2.55 bits per heavy atom. The molecule has 0 saturated carbocycles. The first-order chi connectivity index (χ1) is 13.3. The summed E-state index contributed by atoms with van der Waals surface area (Å²) in [6, 6.07) is 5.51. The third kappa shape index (κ3) is 5.23. The van der Waals surface area contributed by atoms with E-state index in [4.69, 9.17) is 4.74 Å². The fourth-order valence-electron chi connectivity index (χ4n) is 3.06. The van der Waals surface area contributed by atoms with Gasteiger partial charge in [0.15, 0.2) is 6.61 Å². The predicted octanol–water partition coefficient (Wildman–Crippen LogP) is 4.42. The maximum Gasteiger partial charge on any atom is 0.438 e. The summed E-state index contributed by atoms with van der Waals surface area (Å²) in [6.07, 6.45) is -3.66. The fraction of sp³-hybridized carbons (Fsp3) is 0.571. The van der Waals surface area contributed by atoms with E-state index in [1.165, 1.54) is 0 Å². The van der Waals surface area contributed by atoms with Gasteiger partial charge < -0.3 is 9.84 Å². The monoisotopic (exact) mass is 414 g/mol. The molecular formula is C21H29F3N2O3. The standard InChI is InChI=1S/C21H29F3N2O3/c1-13(2)6-8-16-11-20(28,21(22,23)24)26(25-16)19(27)12-29-18-10-15(5)7-9-17(18)14(3)4/h7-10,13-14,25,28H,6,11-12H2,1-5H3/b16-8-/t20-/m1/s1. The lowest BCUT2D eigenvalue weighted by Gasteiger charge is -2.33. The summed E-state index contributed by atoms with van der Waals surface area (Å²) in [5.74, 6) is -0.219. The van der Waals surface area contributed by atoms with Crippen molar-refractivity contribution >= 4 is 5.91 Å². The Hall–Kier alpha value is -2.22. The first-order valence-corrected chi connectivity index (χ1v) is 9.66. The molecule has 0 radical (unpaired) electrons. The number of rotatable bonds is 6. The van der Waals surface area contributed by atoms with Crippen LogP contribution in [-0.4, -0.2) is 34.5 Å². The summed E-state index contributed by atoms with van der Waals surface area (Å²) in [6.45, 7) is 8.98. The molecule has 2 rings (SSSR count). The molecular weight excluding hydrogens is 385 g/mol. The molecule has 0 unspecified atom stereocenters. The Bertz CT molecular complexity index is 775. The van der Waals surface area contributed by atoms with Gasteiger partial charge >= 0.3 is 6.18 Å². The number of halogens is 3. The van der Waals surface area contributed by atoms with Crippen molar-refractivity contribution in [2.24, 2.45) is 5.92 Å². The van der Waals surface area contributed by atoms with Crippen LogP contribution in [0.15, 0.2) is 30.0 Å². The number of hydrogen-bond donors (Lipinski definition) is 2. The summed E-state index contributed by atoms with van der Waals surface area (Å²) < 4.78 is 46.2. The average molecular weight is 414 g/mol. The number of nitrogens with zero attached hydrogens (tertiary/aromatic N) is 1. The molecule has 1 aliphatic rings. The lowest BCUT2D eigenvalue weighted by atomic mass is 10.0. The van der Waals surface area contributed by atoms with E-state index in [0.29, 0.717) is 12.2 Å². The van der Waals surface area contributed by atoms with Gasteiger partial charge in [-0.25, -0.2) is 5.01 Å². The second-order valence-electron chi connectivity index (χ2n) is 8.18. The second kappa shape index (κ2) is 8.65. The van der Waals surface area contributed by atoms with Crippen LogP contribution < -0.4 is 10.2 Å². The minimum absolute atomic E-state index is 0.114. The molecule has 1 fully saturated rings. The van der Waals surface area contributed by atoms with E-state index in [1.807, 2.05) is 46.8 Å². The van der Waals surface area contributed by atoms with Gasteiger partial charge in [-0.2, -0.15) is 13.2 Å². The summed E-state index contributed by atoms with van der Waals surface area (Å²) >= 11 is 0. The molecule has 29 heavy (non-hydrogen) atoms. The van der Waals surface area contributed by atoms with Gasteiger partial charge in [-0.05, 0) is 42.4 Å². The van der Waals surface area contributed by atoms with E-state index < -0.39 is 30.8 Å². The molecule has 1 heterocycles. The van der Waals surface area contributed by atoms with Crippen molar-refractivity contribution in [3.63, 3.8) is 0 Å². The molecule has 0 bridgehead atoms. The van der Waals surface area contributed by atoms with Crippen molar-refractivity contribution in [1.29, 1.82) is 0 Å². The zero-order chi connectivity index (χ0) is 22.0. The molecule has 0 aliphatic carbocycles. The highest BCUT2D eigenvalue weighted by Gasteiger charge is 2.63. The smallest absolute Gasteiger partial charge is 0.438 e. The van der Waals surface area contributed by atoms with Crippen LogP contribution in [0.25, 0.3) is 0 Å². The largest absolute Gasteiger partial charge is 0.483 e. The Morgan fingerprint density at radius 1 is 1.34 bits per heavy atom. The van der Waals surface area contributed by atoms with Crippen LogP contribution in [0.1, 0.15) is 57.6 Å². The number of amides is 1. The predicted molar refractivity (Wildman–Crippen MR) is 104 cm³/mol. The molecule has 1 aromatic carbocycles. The van der Waals surface area contributed by atoms with Gasteiger partial charge in [-0.15, -0.1) is 0 Å². The van der Waals surface area contributed by atoms with E-state index in [-0.39, 0.29) is 22.5 Å². The lowest BCUT2D eigenvalue weighted by molar-refractivity contribution is -0.304. The van der Waals surface area contributed by atoms with Gasteiger partial charge in [0.05, 0.1) is 0 Å². The fourth-order valence-corrected chi connectivity index (χ4v) is 3.06. The molecule has 1 amide bonds. The number of hydrazine groups is 1. The number of hydrogen-bond acceptors (Lipinski definition) is 4. The van der Waals surface area contributed by atoms with Crippen molar-refractivity contribution in [3.8, 4) is 5.75 Å². The first-order valence-electron chi connectivity index (χ1n) is 9.66. The van der Waals surface area contributed by atoms with Crippen LogP contribution in [0, 0.1) is 12.8 Å². The first kappa shape index (κ1) is 23.1. The summed E-state index contributed by atoms with van der Waals surface area (Å²) in [7, 11) is 0. The molecule has 8 heteroatoms. The van der Waals surface area contributed by atoms with Crippen LogP contribution in [0.4, 0.5) is 13.2 Å². The van der Waals surface area contributed by atoms with Crippen molar-refractivity contribution in [2.75, 3.05) is 6.61 Å². The van der Waals surface area contributed by atoms with E-state index in [9.17, 15) is 23.1 Å². The summed E-state index contributed by atoms with van der Waals surface area (Å²) in [5, 5.41) is 10.5. The Balaban J connectivity index is 2.22. The van der Waals surface area contributed by atoms with Gasteiger partial charge in [0.25, 0.3) is 11.6 Å². The number of nitrogens with one attached hydrogen (secondary N) is 1. The maximum absolute atomic E-state index is 13.6. The quantitative estimate of drug-likeness (QED) is 0.724. The molecule has 1 aliphatic heterocycles. The Morgan fingerprint density at radius 2 is 2.00 bits per heavy atom. The van der Waals surface area contributed by atoms with Crippen LogP contribution in [0.3, 0.4) is 0 Å². The molecule has 0 spiro atoms. The highest BCUT2D eigenvalue weighted by Crippen LogP contribution is 2.41. The molecule has 1 saturated heterocycles. The Kier molecular flexibility index (Phi) is 6.88. The van der Waals surface area contributed by atoms with E-state index >= 15 is 0 Å². The number of ether oxygens (including phenoxy) is 1. The van der Waals surface area contributed by atoms with Crippen molar-refractivity contribution < 1.29 is 27.8 Å². The number of carbonyl (C=O) groups is 1. The van der Waals surface area contributed by atoms with Gasteiger partial charge in [-0.1, -0.05) is 45.9 Å². The number of aryl methyl sites for hydroxylation is 1. The lowest BCUT2D eigenvalue weighted by Crippen LogP contribution is -2.60. The van der Waals surface area contributed by atoms with Gasteiger partial charge in [0.2, 0.25) is 0 Å². The topological polar surface area (TPSA) is 61.8 Å². The van der Waals surface area contributed by atoms with Gasteiger partial charge in [-0.3, -0.25) is 10.2 Å². The zero-order valence-corrected chi connectivity index (χ0v) is 17.4. The molecule has 162 valence electrons. The minimum atomic E-state index is -5.02. The molecule has 1 aromatic rings. The van der Waals surface area contributed by atoms with Crippen LogP contribution in [-0.2, 0) is 4.79 Å².